The Labute approximate surface area is 206 Å². The average Bonchev–Trinajstić information content (AvgIpc) is 3.61. The highest BCUT2D eigenvalue weighted by molar-refractivity contribution is 5.89. The maximum absolute atomic E-state index is 13.3. The van der Waals surface area contributed by atoms with E-state index in [0.29, 0.717) is 31.7 Å². The van der Waals surface area contributed by atoms with Crippen LogP contribution in [0.3, 0.4) is 0 Å². The first-order valence-electron chi connectivity index (χ1n) is 13.5. The first-order valence-corrected chi connectivity index (χ1v) is 13.5. The van der Waals surface area contributed by atoms with Crippen LogP contribution in [-0.2, 0) is 16.6 Å². The number of likely N-dealkylation sites (tertiary alicyclic amines) is 2. The minimum atomic E-state index is -0.934. The standard InChI is InChI=1S/C28H36N2O5/c31-16-18-6-10-29(11-7-18)23(33)14-20-5-8-28(34)22-13-19-3-4-21(32)25-24(19)27(28,26(20)35-25)9-12-30(22)15-17-1-2-17/h3-4,14,17-18,22,26,31-32,34H,1-2,5-13,15-16H2/t22-,26+,27+,28-/m1/s1. The molecule has 3 aliphatic heterocycles. The second-order valence-electron chi connectivity index (χ2n) is 11.9. The van der Waals surface area contributed by atoms with E-state index in [1.807, 2.05) is 11.0 Å². The molecule has 4 atom stereocenters. The SMILES string of the molecule is O=C(C=C1CC[C@@]2(O)[C@H]3Cc4ccc(O)c5c4[C@@]2(CCN3CC2CC2)[C@H]1O5)N1CCC(CO)CC1. The van der Waals surface area contributed by atoms with Crippen LogP contribution in [0, 0.1) is 11.8 Å². The highest BCUT2D eigenvalue weighted by Gasteiger charge is 2.72. The molecule has 2 bridgehead atoms. The predicted molar refractivity (Wildman–Crippen MR) is 129 cm³/mol. The van der Waals surface area contributed by atoms with Gasteiger partial charge in [0.25, 0.3) is 0 Å². The minimum absolute atomic E-state index is 0.000704. The van der Waals surface area contributed by atoms with Gasteiger partial charge in [-0.2, -0.15) is 0 Å². The van der Waals surface area contributed by atoms with Gasteiger partial charge in [0.05, 0.1) is 11.0 Å². The van der Waals surface area contributed by atoms with Crippen molar-refractivity contribution < 1.29 is 24.9 Å². The Kier molecular flexibility index (Phi) is 4.87. The van der Waals surface area contributed by atoms with Crippen molar-refractivity contribution in [3.8, 4) is 11.5 Å². The van der Waals surface area contributed by atoms with Gasteiger partial charge in [-0.25, -0.2) is 0 Å². The van der Waals surface area contributed by atoms with Gasteiger partial charge >= 0.3 is 0 Å². The number of aromatic hydroxyl groups is 1. The molecule has 7 heteroatoms. The Balaban J connectivity index is 1.27. The van der Waals surface area contributed by atoms with Gasteiger partial charge in [0.15, 0.2) is 11.5 Å². The van der Waals surface area contributed by atoms with E-state index in [0.717, 1.165) is 55.8 Å². The van der Waals surface area contributed by atoms with Gasteiger partial charge in [-0.1, -0.05) is 6.07 Å². The second-order valence-corrected chi connectivity index (χ2v) is 11.9. The highest BCUT2D eigenvalue weighted by atomic mass is 16.5. The van der Waals surface area contributed by atoms with E-state index in [2.05, 4.69) is 4.90 Å². The summed E-state index contributed by atoms with van der Waals surface area (Å²) < 4.78 is 6.54. The van der Waals surface area contributed by atoms with Gasteiger partial charge in [0, 0.05) is 43.9 Å². The van der Waals surface area contributed by atoms with Crippen LogP contribution >= 0.6 is 0 Å². The number of amides is 1. The second kappa shape index (κ2) is 7.70. The Morgan fingerprint density at radius 2 is 1.91 bits per heavy atom. The third-order valence-corrected chi connectivity index (χ3v) is 10.1. The fraction of sp³-hybridized carbons (Fsp3) is 0.679. The number of hydrogen-bond acceptors (Lipinski definition) is 6. The molecular weight excluding hydrogens is 444 g/mol. The smallest absolute Gasteiger partial charge is 0.246 e. The van der Waals surface area contributed by atoms with Crippen LogP contribution in [0.25, 0.3) is 0 Å². The predicted octanol–water partition coefficient (Wildman–Crippen LogP) is 2.11. The minimum Gasteiger partial charge on any atom is -0.504 e. The Morgan fingerprint density at radius 3 is 2.66 bits per heavy atom. The first-order chi connectivity index (χ1) is 16.9. The average molecular weight is 481 g/mol. The molecule has 3 heterocycles. The molecule has 3 N–H and O–H groups in total. The van der Waals surface area contributed by atoms with Crippen molar-refractivity contribution in [3.05, 3.63) is 34.9 Å². The number of carbonyl (C=O) groups excluding carboxylic acids is 1. The van der Waals surface area contributed by atoms with Crippen LogP contribution < -0.4 is 4.74 Å². The molecule has 7 nitrogen and oxygen atoms in total. The molecule has 0 unspecified atom stereocenters. The molecule has 7 rings (SSSR count). The third-order valence-electron chi connectivity index (χ3n) is 10.1. The van der Waals surface area contributed by atoms with Gasteiger partial charge in [-0.15, -0.1) is 0 Å². The summed E-state index contributed by atoms with van der Waals surface area (Å²) in [5.41, 5.74) is 1.56. The first kappa shape index (κ1) is 22.1. The Bertz CT molecular complexity index is 1090. The van der Waals surface area contributed by atoms with E-state index in [1.54, 1.807) is 12.1 Å². The molecule has 35 heavy (non-hydrogen) atoms. The lowest BCUT2D eigenvalue weighted by Crippen LogP contribution is -2.75. The number of rotatable bonds is 4. The quantitative estimate of drug-likeness (QED) is 0.572. The number of phenolic OH excluding ortho intramolecular Hbond substituents is 1. The number of aliphatic hydroxyl groups excluding tert-OH is 1. The fourth-order valence-corrected chi connectivity index (χ4v) is 8.07. The molecule has 2 saturated carbocycles. The molecule has 4 fully saturated rings. The lowest BCUT2D eigenvalue weighted by Gasteiger charge is -2.63. The van der Waals surface area contributed by atoms with Crippen LogP contribution in [0.1, 0.15) is 56.1 Å². The largest absolute Gasteiger partial charge is 0.504 e. The summed E-state index contributed by atoms with van der Waals surface area (Å²) in [7, 11) is 0. The van der Waals surface area contributed by atoms with E-state index in [-0.39, 0.29) is 30.2 Å². The van der Waals surface area contributed by atoms with Crippen molar-refractivity contribution >= 4 is 5.91 Å². The van der Waals surface area contributed by atoms with Crippen molar-refractivity contribution in [2.24, 2.45) is 11.8 Å². The molecule has 1 aromatic rings. The van der Waals surface area contributed by atoms with Gasteiger partial charge in [-0.05, 0) is 87.0 Å². The zero-order valence-corrected chi connectivity index (χ0v) is 20.3. The normalized spacial score (nSPS) is 37.3. The molecular formula is C28H36N2O5. The molecule has 3 aliphatic carbocycles. The van der Waals surface area contributed by atoms with E-state index >= 15 is 0 Å². The van der Waals surface area contributed by atoms with E-state index < -0.39 is 17.1 Å². The molecule has 1 spiro atoms. The molecule has 1 aromatic carbocycles. The number of phenols is 1. The summed E-state index contributed by atoms with van der Waals surface area (Å²) in [6.45, 7) is 3.48. The van der Waals surface area contributed by atoms with Crippen LogP contribution in [0.5, 0.6) is 11.5 Å². The van der Waals surface area contributed by atoms with E-state index in [9.17, 15) is 20.1 Å². The van der Waals surface area contributed by atoms with Gasteiger partial charge < -0.3 is 25.0 Å². The number of nitrogens with zero attached hydrogens (tertiary/aromatic N) is 2. The van der Waals surface area contributed by atoms with Crippen molar-refractivity contribution in [2.75, 3.05) is 32.8 Å². The molecule has 0 aromatic heterocycles. The zero-order valence-electron chi connectivity index (χ0n) is 20.3. The molecule has 188 valence electrons. The summed E-state index contributed by atoms with van der Waals surface area (Å²) >= 11 is 0. The molecule has 6 aliphatic rings. The van der Waals surface area contributed by atoms with E-state index in [4.69, 9.17) is 4.74 Å². The zero-order chi connectivity index (χ0) is 23.9. The number of piperidine rings is 2. The number of benzene rings is 1. The molecule has 2 saturated heterocycles. The van der Waals surface area contributed by atoms with Crippen molar-refractivity contribution in [2.45, 2.75) is 74.5 Å². The van der Waals surface area contributed by atoms with Crippen LogP contribution in [-0.4, -0.2) is 81.6 Å². The fourth-order valence-electron chi connectivity index (χ4n) is 8.07. The number of ether oxygens (including phenoxy) is 1. The van der Waals surface area contributed by atoms with Crippen molar-refractivity contribution in [1.82, 2.24) is 9.80 Å². The van der Waals surface area contributed by atoms with Gasteiger partial charge in [0.1, 0.15) is 6.10 Å². The van der Waals surface area contributed by atoms with Crippen LogP contribution in [0.4, 0.5) is 0 Å². The van der Waals surface area contributed by atoms with Crippen molar-refractivity contribution in [3.63, 3.8) is 0 Å². The number of hydrogen-bond donors (Lipinski definition) is 3. The van der Waals surface area contributed by atoms with Crippen molar-refractivity contribution in [1.29, 1.82) is 0 Å². The van der Waals surface area contributed by atoms with Crippen LogP contribution in [0.2, 0.25) is 0 Å². The molecule has 1 amide bonds. The third kappa shape index (κ3) is 3.04. The summed E-state index contributed by atoms with van der Waals surface area (Å²) in [5.74, 6) is 1.69. The summed E-state index contributed by atoms with van der Waals surface area (Å²) in [5, 5.41) is 32.7. The van der Waals surface area contributed by atoms with E-state index in [1.165, 1.54) is 18.4 Å². The Hall–Kier alpha value is -2.09. The maximum Gasteiger partial charge on any atom is 0.246 e. The van der Waals surface area contributed by atoms with Gasteiger partial charge in [-0.3, -0.25) is 9.69 Å². The number of aliphatic hydroxyl groups is 2. The number of carbonyl (C=O) groups is 1. The topological polar surface area (TPSA) is 93.5 Å². The van der Waals surface area contributed by atoms with Gasteiger partial charge in [0.2, 0.25) is 5.91 Å². The summed E-state index contributed by atoms with van der Waals surface area (Å²) in [4.78, 5) is 17.7. The van der Waals surface area contributed by atoms with Crippen LogP contribution in [0.15, 0.2) is 23.8 Å². The summed E-state index contributed by atoms with van der Waals surface area (Å²) in [6.07, 6.45) is 8.37. The summed E-state index contributed by atoms with van der Waals surface area (Å²) in [6, 6.07) is 3.79. The Morgan fingerprint density at radius 1 is 1.11 bits per heavy atom. The lowest BCUT2D eigenvalue weighted by atomic mass is 9.48. The maximum atomic E-state index is 13.3. The molecule has 0 radical (unpaired) electrons. The monoisotopic (exact) mass is 480 g/mol. The highest BCUT2D eigenvalue weighted by Crippen LogP contribution is 2.66. The lowest BCUT2D eigenvalue weighted by molar-refractivity contribution is -0.174.